The molecule has 0 atom stereocenters. The first kappa shape index (κ1) is 21.2. The number of non-ortho nitro benzene ring substituents is 1. The number of nitrogens with zero attached hydrogens (tertiary/aromatic N) is 2. The number of hydrogen-bond donors (Lipinski definition) is 0. The van der Waals surface area contributed by atoms with Crippen LogP contribution in [0.2, 0.25) is 0 Å². The summed E-state index contributed by atoms with van der Waals surface area (Å²) in [6, 6.07) is 16.2. The summed E-state index contributed by atoms with van der Waals surface area (Å²) in [4.78, 5) is 23.3. The zero-order chi connectivity index (χ0) is 18.4. The number of quaternary nitrogens is 1. The van der Waals surface area contributed by atoms with Crippen molar-refractivity contribution in [3.8, 4) is 0 Å². The summed E-state index contributed by atoms with van der Waals surface area (Å²) in [7, 11) is 0. The minimum atomic E-state index is -0.467. The Bertz CT molecular complexity index is 777. The second-order valence-electron chi connectivity index (χ2n) is 6.75. The van der Waals surface area contributed by atoms with Gasteiger partial charge in [0.2, 0.25) is 5.78 Å². The number of morpholine rings is 1. The topological polar surface area (TPSA) is 69.4 Å². The van der Waals surface area contributed by atoms with Gasteiger partial charge in [0.05, 0.1) is 24.7 Å². The van der Waals surface area contributed by atoms with Crippen molar-refractivity contribution in [2.75, 3.05) is 39.4 Å². The van der Waals surface area contributed by atoms with E-state index in [0.29, 0.717) is 29.8 Å². The Hall–Kier alpha value is -2.09. The number of carbonyl (C=O) groups excluding carboxylic acids is 1. The van der Waals surface area contributed by atoms with Crippen molar-refractivity contribution in [2.24, 2.45) is 0 Å². The highest BCUT2D eigenvalue weighted by atomic mass is 79.9. The van der Waals surface area contributed by atoms with E-state index in [4.69, 9.17) is 4.74 Å². The van der Waals surface area contributed by atoms with E-state index in [1.54, 1.807) is 12.1 Å². The van der Waals surface area contributed by atoms with E-state index < -0.39 is 4.92 Å². The van der Waals surface area contributed by atoms with Gasteiger partial charge < -0.3 is 26.2 Å². The summed E-state index contributed by atoms with van der Waals surface area (Å²) in [5.41, 5.74) is 1.61. The number of nitro groups is 1. The highest BCUT2D eigenvalue weighted by Gasteiger charge is 2.33. The third-order valence-corrected chi connectivity index (χ3v) is 5.00. The SMILES string of the molecule is O=C(C[N+]1(CCc2ccccc2)CCOCC1)c1cccc([N+](=O)[O-])c1.[Br-]. The average molecular weight is 435 g/mol. The van der Waals surface area contributed by atoms with E-state index in [-0.39, 0.29) is 28.5 Å². The second kappa shape index (κ2) is 9.73. The molecule has 0 spiro atoms. The van der Waals surface area contributed by atoms with Crippen molar-refractivity contribution in [1.29, 1.82) is 0 Å². The van der Waals surface area contributed by atoms with E-state index in [1.165, 1.54) is 17.7 Å². The molecule has 1 aliphatic rings. The van der Waals surface area contributed by atoms with Crippen LogP contribution in [0.4, 0.5) is 5.69 Å². The van der Waals surface area contributed by atoms with Crippen LogP contribution in [0, 0.1) is 10.1 Å². The largest absolute Gasteiger partial charge is 1.00 e. The maximum Gasteiger partial charge on any atom is 0.270 e. The molecular weight excluding hydrogens is 412 g/mol. The maximum absolute atomic E-state index is 12.8. The molecule has 2 aromatic rings. The molecule has 27 heavy (non-hydrogen) atoms. The molecule has 144 valence electrons. The smallest absolute Gasteiger partial charge is 0.270 e. The lowest BCUT2D eigenvalue weighted by Crippen LogP contribution is -3.00. The van der Waals surface area contributed by atoms with Crippen molar-refractivity contribution >= 4 is 11.5 Å². The van der Waals surface area contributed by atoms with Gasteiger partial charge in [0.15, 0.2) is 0 Å². The molecule has 1 aliphatic heterocycles. The number of halogens is 1. The lowest BCUT2D eigenvalue weighted by atomic mass is 10.1. The summed E-state index contributed by atoms with van der Waals surface area (Å²) < 4.78 is 6.16. The fourth-order valence-corrected chi connectivity index (χ4v) is 3.39. The Balaban J connectivity index is 0.00000261. The van der Waals surface area contributed by atoms with E-state index >= 15 is 0 Å². The van der Waals surface area contributed by atoms with Gasteiger partial charge in [0, 0.05) is 24.1 Å². The standard InChI is InChI=1S/C20H23N2O4.BrH/c23-20(18-7-4-8-19(15-18)21(24)25)16-22(11-13-26-14-12-22)10-9-17-5-2-1-3-6-17;/h1-8,15H,9-14,16H2;1H/q+1;/p-1. The molecule has 0 aromatic heterocycles. The summed E-state index contributed by atoms with van der Waals surface area (Å²) in [5, 5.41) is 11.0. The van der Waals surface area contributed by atoms with Gasteiger partial charge in [-0.1, -0.05) is 42.5 Å². The molecule has 1 fully saturated rings. The number of rotatable bonds is 7. The van der Waals surface area contributed by atoms with Crippen LogP contribution in [-0.2, 0) is 11.2 Å². The molecule has 7 heteroatoms. The highest BCUT2D eigenvalue weighted by Crippen LogP contribution is 2.18. The summed E-state index contributed by atoms with van der Waals surface area (Å²) in [5.74, 6) is -0.0522. The molecule has 3 rings (SSSR count). The van der Waals surface area contributed by atoms with Crippen LogP contribution >= 0.6 is 0 Å². The van der Waals surface area contributed by atoms with Crippen LogP contribution in [-0.4, -0.2) is 54.6 Å². The maximum atomic E-state index is 12.8. The van der Waals surface area contributed by atoms with E-state index in [0.717, 1.165) is 26.1 Å². The number of Topliss-reactive ketones (excluding diaryl/α,β-unsaturated/α-hetero) is 1. The molecule has 2 aromatic carbocycles. The highest BCUT2D eigenvalue weighted by molar-refractivity contribution is 5.97. The monoisotopic (exact) mass is 434 g/mol. The number of hydrogen-bond acceptors (Lipinski definition) is 4. The van der Waals surface area contributed by atoms with Gasteiger partial charge in [-0.25, -0.2) is 0 Å². The minimum absolute atomic E-state index is 0. The van der Waals surface area contributed by atoms with Crippen molar-refractivity contribution in [3.63, 3.8) is 0 Å². The third kappa shape index (κ3) is 5.69. The first-order valence-corrected chi connectivity index (χ1v) is 8.82. The molecule has 1 heterocycles. The first-order valence-electron chi connectivity index (χ1n) is 8.82. The average Bonchev–Trinajstić information content (AvgIpc) is 2.68. The van der Waals surface area contributed by atoms with Gasteiger partial charge in [-0.15, -0.1) is 0 Å². The Morgan fingerprint density at radius 3 is 2.44 bits per heavy atom. The van der Waals surface area contributed by atoms with Crippen LogP contribution < -0.4 is 17.0 Å². The first-order chi connectivity index (χ1) is 12.6. The van der Waals surface area contributed by atoms with Crippen LogP contribution in [0.5, 0.6) is 0 Å². The fraction of sp³-hybridized carbons (Fsp3) is 0.350. The molecule has 0 aliphatic carbocycles. The Morgan fingerprint density at radius 1 is 1.07 bits per heavy atom. The third-order valence-electron chi connectivity index (χ3n) is 5.00. The zero-order valence-corrected chi connectivity index (χ0v) is 16.6. The zero-order valence-electron chi connectivity index (χ0n) is 15.1. The quantitative estimate of drug-likeness (QED) is 0.263. The van der Waals surface area contributed by atoms with E-state index in [2.05, 4.69) is 12.1 Å². The number of ketones is 1. The Kier molecular flexibility index (Phi) is 7.65. The molecule has 1 saturated heterocycles. The predicted molar refractivity (Wildman–Crippen MR) is 98.1 cm³/mol. The van der Waals surface area contributed by atoms with Crippen molar-refractivity contribution in [3.05, 3.63) is 75.8 Å². The molecule has 0 radical (unpaired) electrons. The van der Waals surface area contributed by atoms with Gasteiger partial charge >= 0.3 is 0 Å². The van der Waals surface area contributed by atoms with Crippen molar-refractivity contribution in [2.45, 2.75) is 6.42 Å². The predicted octanol–water partition coefficient (Wildman–Crippen LogP) is -0.129. The van der Waals surface area contributed by atoms with Gasteiger partial charge in [0.1, 0.15) is 19.6 Å². The lowest BCUT2D eigenvalue weighted by molar-refractivity contribution is -0.927. The van der Waals surface area contributed by atoms with Gasteiger partial charge in [-0.2, -0.15) is 0 Å². The van der Waals surface area contributed by atoms with Crippen LogP contribution in [0.3, 0.4) is 0 Å². The molecule has 0 N–H and O–H groups in total. The Labute approximate surface area is 169 Å². The Morgan fingerprint density at radius 2 is 1.78 bits per heavy atom. The van der Waals surface area contributed by atoms with Crippen LogP contribution in [0.1, 0.15) is 15.9 Å². The molecule has 0 unspecified atom stereocenters. The van der Waals surface area contributed by atoms with Gasteiger partial charge in [-0.05, 0) is 5.56 Å². The molecule has 0 bridgehead atoms. The molecule has 0 amide bonds. The lowest BCUT2D eigenvalue weighted by Gasteiger charge is -2.41. The van der Waals surface area contributed by atoms with Crippen LogP contribution in [0.25, 0.3) is 0 Å². The second-order valence-corrected chi connectivity index (χ2v) is 6.75. The minimum Gasteiger partial charge on any atom is -1.00 e. The number of benzene rings is 2. The fourth-order valence-electron chi connectivity index (χ4n) is 3.39. The number of nitro benzene ring substituents is 1. The summed E-state index contributed by atoms with van der Waals surface area (Å²) in [6.45, 7) is 4.04. The van der Waals surface area contributed by atoms with E-state index in [1.807, 2.05) is 18.2 Å². The number of carbonyl (C=O) groups is 1. The van der Waals surface area contributed by atoms with Gasteiger partial charge in [0.25, 0.3) is 5.69 Å². The molecule has 0 saturated carbocycles. The molecule has 6 nitrogen and oxygen atoms in total. The van der Waals surface area contributed by atoms with Crippen LogP contribution in [0.15, 0.2) is 54.6 Å². The summed E-state index contributed by atoms with van der Waals surface area (Å²) >= 11 is 0. The normalized spacial score (nSPS) is 15.6. The molecular formula is C20H23BrN2O4. The van der Waals surface area contributed by atoms with Crippen molar-refractivity contribution in [1.82, 2.24) is 0 Å². The van der Waals surface area contributed by atoms with Crippen molar-refractivity contribution < 1.29 is 35.9 Å². The van der Waals surface area contributed by atoms with Gasteiger partial charge in [-0.3, -0.25) is 14.9 Å². The summed E-state index contributed by atoms with van der Waals surface area (Å²) in [6.07, 6.45) is 0.892. The number of ether oxygens (including phenoxy) is 1. The van der Waals surface area contributed by atoms with E-state index in [9.17, 15) is 14.9 Å².